The van der Waals surface area contributed by atoms with Crippen LogP contribution in [0.1, 0.15) is 18.4 Å². The maximum Gasteiger partial charge on any atom is 0.236 e. The molecule has 1 aromatic carbocycles. The quantitative estimate of drug-likeness (QED) is 0.824. The maximum atomic E-state index is 12.5. The molecule has 1 amide bonds. The van der Waals surface area contributed by atoms with E-state index in [0.717, 1.165) is 39.1 Å². The molecule has 2 heterocycles. The summed E-state index contributed by atoms with van der Waals surface area (Å²) >= 11 is 0. The second-order valence-corrected chi connectivity index (χ2v) is 6.97. The zero-order valence-corrected chi connectivity index (χ0v) is 14.5. The van der Waals surface area contributed by atoms with Crippen molar-refractivity contribution in [3.05, 3.63) is 35.9 Å². The number of benzene rings is 1. The Hall–Kier alpha value is -1.43. The number of ether oxygens (including phenoxy) is 2. The third-order valence-electron chi connectivity index (χ3n) is 4.85. The first-order chi connectivity index (χ1) is 11.7. The molecule has 0 saturated carbocycles. The number of rotatable bonds is 5. The molecule has 2 saturated heterocycles. The van der Waals surface area contributed by atoms with Crippen molar-refractivity contribution in [1.82, 2.24) is 9.80 Å². The highest BCUT2D eigenvalue weighted by atomic mass is 16.5. The van der Waals surface area contributed by atoms with E-state index < -0.39 is 0 Å². The topological polar surface area (TPSA) is 42.0 Å². The van der Waals surface area contributed by atoms with Gasteiger partial charge in [0.25, 0.3) is 0 Å². The van der Waals surface area contributed by atoms with E-state index in [0.29, 0.717) is 25.6 Å². The second-order valence-electron chi connectivity index (χ2n) is 6.97. The zero-order valence-electron chi connectivity index (χ0n) is 14.5. The smallest absolute Gasteiger partial charge is 0.236 e. The van der Waals surface area contributed by atoms with Gasteiger partial charge in [0.15, 0.2) is 0 Å². The van der Waals surface area contributed by atoms with Crippen molar-refractivity contribution < 1.29 is 14.3 Å². The van der Waals surface area contributed by atoms with Crippen LogP contribution in [0.3, 0.4) is 0 Å². The van der Waals surface area contributed by atoms with Gasteiger partial charge >= 0.3 is 0 Å². The van der Waals surface area contributed by atoms with Crippen LogP contribution in [-0.2, 0) is 20.9 Å². The SMILES string of the molecule is CN1CC(=O)N(CC2CCOCC2)CC(OCc2ccccc2)C1. The number of carbonyl (C=O) groups is 1. The van der Waals surface area contributed by atoms with Crippen molar-refractivity contribution in [1.29, 1.82) is 0 Å². The Bertz CT molecular complexity index is 517. The van der Waals surface area contributed by atoms with Gasteiger partial charge in [-0.05, 0) is 31.4 Å². The van der Waals surface area contributed by atoms with Crippen LogP contribution in [0.2, 0.25) is 0 Å². The van der Waals surface area contributed by atoms with Crippen molar-refractivity contribution in [2.75, 3.05) is 46.4 Å². The van der Waals surface area contributed by atoms with Crippen LogP contribution in [-0.4, -0.2) is 68.3 Å². The van der Waals surface area contributed by atoms with E-state index in [-0.39, 0.29) is 12.0 Å². The highest BCUT2D eigenvalue weighted by molar-refractivity contribution is 5.78. The Labute approximate surface area is 144 Å². The van der Waals surface area contributed by atoms with Gasteiger partial charge in [-0.3, -0.25) is 9.69 Å². The number of nitrogens with zero attached hydrogens (tertiary/aromatic N) is 2. The molecule has 0 aliphatic carbocycles. The fraction of sp³-hybridized carbons (Fsp3) is 0.632. The number of hydrogen-bond acceptors (Lipinski definition) is 4. The van der Waals surface area contributed by atoms with Gasteiger partial charge < -0.3 is 14.4 Å². The first kappa shape index (κ1) is 17.4. The minimum absolute atomic E-state index is 0.0569. The van der Waals surface area contributed by atoms with Crippen molar-refractivity contribution in [2.45, 2.75) is 25.6 Å². The van der Waals surface area contributed by atoms with E-state index in [4.69, 9.17) is 9.47 Å². The summed E-state index contributed by atoms with van der Waals surface area (Å²) in [7, 11) is 1.99. The predicted molar refractivity (Wildman–Crippen MR) is 92.6 cm³/mol. The summed E-state index contributed by atoms with van der Waals surface area (Å²) in [6.45, 7) is 5.03. The van der Waals surface area contributed by atoms with Gasteiger partial charge in [0.2, 0.25) is 5.91 Å². The van der Waals surface area contributed by atoms with Crippen LogP contribution < -0.4 is 0 Å². The van der Waals surface area contributed by atoms with Crippen LogP contribution >= 0.6 is 0 Å². The fourth-order valence-electron chi connectivity index (χ4n) is 3.46. The number of amides is 1. The van der Waals surface area contributed by atoms with E-state index in [2.05, 4.69) is 17.0 Å². The average Bonchev–Trinajstić information content (AvgIpc) is 2.73. The Morgan fingerprint density at radius 3 is 2.67 bits per heavy atom. The van der Waals surface area contributed by atoms with E-state index in [9.17, 15) is 4.79 Å². The van der Waals surface area contributed by atoms with Crippen molar-refractivity contribution in [2.24, 2.45) is 5.92 Å². The van der Waals surface area contributed by atoms with E-state index in [1.54, 1.807) is 0 Å². The zero-order chi connectivity index (χ0) is 16.8. The molecular weight excluding hydrogens is 304 g/mol. The standard InChI is InChI=1S/C19H28N2O3/c1-20-12-18(24-15-17-5-3-2-4-6-17)13-21(19(22)14-20)11-16-7-9-23-10-8-16/h2-6,16,18H,7-15H2,1H3. The number of carbonyl (C=O) groups excluding carboxylic acids is 1. The van der Waals surface area contributed by atoms with Crippen LogP contribution in [0, 0.1) is 5.92 Å². The number of likely N-dealkylation sites (N-methyl/N-ethyl adjacent to an activating group) is 1. The molecule has 2 fully saturated rings. The van der Waals surface area contributed by atoms with E-state index in [1.807, 2.05) is 30.1 Å². The molecular formula is C19H28N2O3. The van der Waals surface area contributed by atoms with E-state index >= 15 is 0 Å². The molecule has 132 valence electrons. The van der Waals surface area contributed by atoms with Crippen LogP contribution in [0.25, 0.3) is 0 Å². The lowest BCUT2D eigenvalue weighted by Crippen LogP contribution is -2.41. The molecule has 1 atom stereocenters. The molecule has 3 rings (SSSR count). The van der Waals surface area contributed by atoms with Gasteiger partial charge in [0.05, 0.1) is 19.3 Å². The molecule has 5 heteroatoms. The second kappa shape index (κ2) is 8.60. The molecule has 0 bridgehead atoms. The number of hydrogen-bond donors (Lipinski definition) is 0. The lowest BCUT2D eigenvalue weighted by atomic mass is 9.99. The van der Waals surface area contributed by atoms with Crippen LogP contribution in [0.4, 0.5) is 0 Å². The van der Waals surface area contributed by atoms with Gasteiger partial charge in [-0.25, -0.2) is 0 Å². The molecule has 1 aromatic rings. The Morgan fingerprint density at radius 2 is 1.92 bits per heavy atom. The molecule has 0 aromatic heterocycles. The predicted octanol–water partition coefficient (Wildman–Crippen LogP) is 1.77. The summed E-state index contributed by atoms with van der Waals surface area (Å²) in [6, 6.07) is 10.2. The van der Waals surface area contributed by atoms with Gasteiger partial charge in [-0.2, -0.15) is 0 Å². The normalized spacial score (nSPS) is 24.1. The third kappa shape index (κ3) is 5.03. The largest absolute Gasteiger partial charge is 0.381 e. The maximum absolute atomic E-state index is 12.5. The van der Waals surface area contributed by atoms with Gasteiger partial charge in [0, 0.05) is 32.8 Å². The van der Waals surface area contributed by atoms with Crippen LogP contribution in [0.5, 0.6) is 0 Å². The Kier molecular flexibility index (Phi) is 6.24. The van der Waals surface area contributed by atoms with Gasteiger partial charge in [-0.15, -0.1) is 0 Å². The summed E-state index contributed by atoms with van der Waals surface area (Å²) in [5, 5.41) is 0. The van der Waals surface area contributed by atoms with Crippen molar-refractivity contribution >= 4 is 5.91 Å². The monoisotopic (exact) mass is 332 g/mol. The van der Waals surface area contributed by atoms with E-state index in [1.165, 1.54) is 5.56 Å². The molecule has 2 aliphatic heterocycles. The van der Waals surface area contributed by atoms with Crippen molar-refractivity contribution in [3.63, 3.8) is 0 Å². The molecule has 2 aliphatic rings. The van der Waals surface area contributed by atoms with Gasteiger partial charge in [-0.1, -0.05) is 30.3 Å². The third-order valence-corrected chi connectivity index (χ3v) is 4.85. The first-order valence-electron chi connectivity index (χ1n) is 8.90. The highest BCUT2D eigenvalue weighted by Gasteiger charge is 2.28. The fourth-order valence-corrected chi connectivity index (χ4v) is 3.46. The Balaban J connectivity index is 1.57. The molecule has 0 radical (unpaired) electrons. The molecule has 5 nitrogen and oxygen atoms in total. The Morgan fingerprint density at radius 1 is 1.17 bits per heavy atom. The molecule has 1 unspecified atom stereocenters. The summed E-state index contributed by atoms with van der Waals surface area (Å²) in [6.07, 6.45) is 2.16. The van der Waals surface area contributed by atoms with Gasteiger partial charge in [0.1, 0.15) is 0 Å². The molecule has 0 spiro atoms. The molecule has 24 heavy (non-hydrogen) atoms. The summed E-state index contributed by atoms with van der Waals surface area (Å²) in [5.74, 6) is 0.774. The minimum Gasteiger partial charge on any atom is -0.381 e. The lowest BCUT2D eigenvalue weighted by molar-refractivity contribution is -0.132. The summed E-state index contributed by atoms with van der Waals surface area (Å²) < 4.78 is 11.6. The summed E-state index contributed by atoms with van der Waals surface area (Å²) in [5.41, 5.74) is 1.17. The summed E-state index contributed by atoms with van der Waals surface area (Å²) in [4.78, 5) is 16.6. The lowest BCUT2D eigenvalue weighted by Gasteiger charge is -2.30. The molecule has 0 N–H and O–H groups in total. The highest BCUT2D eigenvalue weighted by Crippen LogP contribution is 2.18. The van der Waals surface area contributed by atoms with Crippen molar-refractivity contribution in [3.8, 4) is 0 Å². The van der Waals surface area contributed by atoms with Crippen LogP contribution in [0.15, 0.2) is 30.3 Å². The average molecular weight is 332 g/mol. The first-order valence-corrected chi connectivity index (χ1v) is 8.90. The minimum atomic E-state index is 0.0569.